The number of nitrogens with one attached hydrogen (secondary N) is 2. The zero-order chi connectivity index (χ0) is 19.2. The van der Waals surface area contributed by atoms with Crippen LogP contribution < -0.4 is 16.4 Å². The second-order valence-electron chi connectivity index (χ2n) is 6.16. The third kappa shape index (κ3) is 4.81. The number of benzene rings is 2. The van der Waals surface area contributed by atoms with Crippen LogP contribution in [-0.4, -0.2) is 11.8 Å². The minimum atomic E-state index is -0.155. The highest BCUT2D eigenvalue weighted by Gasteiger charge is 2.11. The van der Waals surface area contributed by atoms with E-state index in [1.807, 2.05) is 42.6 Å². The molecule has 3 rings (SSSR count). The molecule has 0 saturated carbocycles. The molecule has 27 heavy (non-hydrogen) atoms. The van der Waals surface area contributed by atoms with Crippen LogP contribution in [0, 0.1) is 6.92 Å². The molecule has 0 saturated heterocycles. The van der Waals surface area contributed by atoms with E-state index in [1.54, 1.807) is 24.3 Å². The highest BCUT2D eigenvalue weighted by atomic mass is 32.1. The van der Waals surface area contributed by atoms with Gasteiger partial charge in [0, 0.05) is 24.3 Å². The van der Waals surface area contributed by atoms with Crippen LogP contribution in [0.3, 0.4) is 0 Å². The fourth-order valence-electron chi connectivity index (χ4n) is 2.61. The van der Waals surface area contributed by atoms with Crippen LogP contribution in [0.5, 0.6) is 0 Å². The van der Waals surface area contributed by atoms with Crippen LogP contribution in [-0.2, 0) is 13.1 Å². The van der Waals surface area contributed by atoms with E-state index in [0.29, 0.717) is 29.2 Å². The summed E-state index contributed by atoms with van der Waals surface area (Å²) in [7, 11) is 0. The van der Waals surface area contributed by atoms with Gasteiger partial charge in [-0.15, -0.1) is 11.3 Å². The molecule has 5 nitrogen and oxygen atoms in total. The first-order valence-electron chi connectivity index (χ1n) is 8.58. The Morgan fingerprint density at radius 2 is 1.74 bits per heavy atom. The van der Waals surface area contributed by atoms with Crippen LogP contribution in [0.25, 0.3) is 0 Å². The number of nitrogens with two attached hydrogens (primary N) is 1. The predicted molar refractivity (Wildman–Crippen MR) is 109 cm³/mol. The summed E-state index contributed by atoms with van der Waals surface area (Å²) < 4.78 is 0. The number of carbonyl (C=O) groups is 2. The van der Waals surface area contributed by atoms with Crippen molar-refractivity contribution in [2.24, 2.45) is 5.73 Å². The second kappa shape index (κ2) is 8.62. The molecule has 0 fully saturated rings. The Kier molecular flexibility index (Phi) is 6.01. The number of amides is 2. The Hall–Kier alpha value is -2.96. The second-order valence-corrected chi connectivity index (χ2v) is 7.11. The number of hydrogen-bond acceptors (Lipinski definition) is 4. The first kappa shape index (κ1) is 18.8. The van der Waals surface area contributed by atoms with Crippen molar-refractivity contribution in [2.45, 2.75) is 20.0 Å². The van der Waals surface area contributed by atoms with Crippen molar-refractivity contribution in [3.05, 3.63) is 87.1 Å². The zero-order valence-electron chi connectivity index (χ0n) is 15.0. The monoisotopic (exact) mass is 379 g/mol. The molecule has 0 spiro atoms. The number of anilines is 1. The summed E-state index contributed by atoms with van der Waals surface area (Å²) in [5.74, 6) is -0.302. The summed E-state index contributed by atoms with van der Waals surface area (Å²) in [5, 5.41) is 7.64. The summed E-state index contributed by atoms with van der Waals surface area (Å²) in [5.41, 5.74) is 9.74. The lowest BCUT2D eigenvalue weighted by Crippen LogP contribution is -2.23. The quantitative estimate of drug-likeness (QED) is 0.611. The SMILES string of the molecule is Cc1cc(C(=O)NCc2ccc(CN)cc2)ccc1NC(=O)c1cccs1. The molecular weight excluding hydrogens is 358 g/mol. The maximum absolute atomic E-state index is 12.4. The van der Waals surface area contributed by atoms with Crippen LogP contribution in [0.2, 0.25) is 0 Å². The third-order valence-corrected chi connectivity index (χ3v) is 5.06. The van der Waals surface area contributed by atoms with Gasteiger partial charge in [0.2, 0.25) is 0 Å². The normalized spacial score (nSPS) is 10.4. The molecule has 1 heterocycles. The van der Waals surface area contributed by atoms with Crippen molar-refractivity contribution >= 4 is 28.8 Å². The fraction of sp³-hybridized carbons (Fsp3) is 0.143. The third-order valence-electron chi connectivity index (χ3n) is 4.19. The van der Waals surface area contributed by atoms with Gasteiger partial charge in [-0.05, 0) is 53.3 Å². The molecule has 4 N–H and O–H groups in total. The Morgan fingerprint density at radius 1 is 1.00 bits per heavy atom. The first-order valence-corrected chi connectivity index (χ1v) is 9.46. The summed E-state index contributed by atoms with van der Waals surface area (Å²) in [6.07, 6.45) is 0. The maximum Gasteiger partial charge on any atom is 0.265 e. The lowest BCUT2D eigenvalue weighted by Gasteiger charge is -2.10. The Bertz CT molecular complexity index is 935. The van der Waals surface area contributed by atoms with Gasteiger partial charge >= 0.3 is 0 Å². The molecule has 138 valence electrons. The van der Waals surface area contributed by atoms with Crippen LogP contribution in [0.1, 0.15) is 36.7 Å². The standard InChI is InChI=1S/C21H21N3O2S/c1-14-11-17(8-9-18(14)24-21(26)19-3-2-10-27-19)20(25)23-13-16-6-4-15(12-22)5-7-16/h2-11H,12-13,22H2,1H3,(H,23,25)(H,24,26). The number of rotatable bonds is 6. The van der Waals surface area contributed by atoms with Crippen LogP contribution in [0.4, 0.5) is 5.69 Å². The molecule has 0 bridgehead atoms. The Balaban J connectivity index is 1.61. The zero-order valence-corrected chi connectivity index (χ0v) is 15.8. The van der Waals surface area contributed by atoms with Gasteiger partial charge in [0.05, 0.1) is 4.88 Å². The molecule has 0 aliphatic rings. The molecule has 0 aliphatic carbocycles. The van der Waals surface area contributed by atoms with Crippen LogP contribution >= 0.6 is 11.3 Å². The van der Waals surface area contributed by atoms with Gasteiger partial charge in [-0.3, -0.25) is 9.59 Å². The van der Waals surface area contributed by atoms with E-state index >= 15 is 0 Å². The lowest BCUT2D eigenvalue weighted by atomic mass is 10.1. The van der Waals surface area contributed by atoms with Gasteiger partial charge in [-0.25, -0.2) is 0 Å². The Labute approximate surface area is 162 Å². The van der Waals surface area contributed by atoms with E-state index in [2.05, 4.69) is 10.6 Å². The largest absolute Gasteiger partial charge is 0.348 e. The van der Waals surface area contributed by atoms with E-state index in [0.717, 1.165) is 16.7 Å². The molecule has 0 radical (unpaired) electrons. The van der Waals surface area contributed by atoms with E-state index in [1.165, 1.54) is 11.3 Å². The molecule has 2 aromatic carbocycles. The summed E-state index contributed by atoms with van der Waals surface area (Å²) in [6.45, 7) is 2.81. The number of carbonyl (C=O) groups excluding carboxylic acids is 2. The van der Waals surface area contributed by atoms with E-state index < -0.39 is 0 Å². The van der Waals surface area contributed by atoms with Crippen molar-refractivity contribution < 1.29 is 9.59 Å². The van der Waals surface area contributed by atoms with Gasteiger partial charge < -0.3 is 16.4 Å². The van der Waals surface area contributed by atoms with Gasteiger partial charge in [0.15, 0.2) is 0 Å². The molecule has 1 aromatic heterocycles. The smallest absolute Gasteiger partial charge is 0.265 e. The van der Waals surface area contributed by atoms with Crippen molar-refractivity contribution in [1.82, 2.24) is 5.32 Å². The van der Waals surface area contributed by atoms with Gasteiger partial charge in [-0.1, -0.05) is 30.3 Å². The molecule has 2 amide bonds. The van der Waals surface area contributed by atoms with Gasteiger partial charge in [0.1, 0.15) is 0 Å². The van der Waals surface area contributed by atoms with Crippen LogP contribution in [0.15, 0.2) is 60.0 Å². The summed E-state index contributed by atoms with van der Waals surface area (Å²) >= 11 is 1.39. The van der Waals surface area contributed by atoms with Gasteiger partial charge in [0.25, 0.3) is 11.8 Å². The Morgan fingerprint density at radius 3 is 2.37 bits per heavy atom. The first-order chi connectivity index (χ1) is 13.1. The van der Waals surface area contributed by atoms with E-state index in [9.17, 15) is 9.59 Å². The molecule has 6 heteroatoms. The maximum atomic E-state index is 12.4. The summed E-state index contributed by atoms with van der Waals surface area (Å²) in [4.78, 5) is 25.2. The molecular formula is C21H21N3O2S. The highest BCUT2D eigenvalue weighted by molar-refractivity contribution is 7.12. The number of aryl methyl sites for hydroxylation is 1. The van der Waals surface area contributed by atoms with Gasteiger partial charge in [-0.2, -0.15) is 0 Å². The minimum absolute atomic E-state index is 0.147. The fourth-order valence-corrected chi connectivity index (χ4v) is 3.23. The van der Waals surface area contributed by atoms with Crippen molar-refractivity contribution in [3.63, 3.8) is 0 Å². The molecule has 3 aromatic rings. The molecule has 0 atom stereocenters. The minimum Gasteiger partial charge on any atom is -0.348 e. The number of thiophene rings is 1. The molecule has 0 aliphatic heterocycles. The topological polar surface area (TPSA) is 84.2 Å². The van der Waals surface area contributed by atoms with Crippen molar-refractivity contribution in [3.8, 4) is 0 Å². The predicted octanol–water partition coefficient (Wildman–Crippen LogP) is 3.70. The highest BCUT2D eigenvalue weighted by Crippen LogP contribution is 2.19. The van der Waals surface area contributed by atoms with Crippen molar-refractivity contribution in [1.29, 1.82) is 0 Å². The van der Waals surface area contributed by atoms with E-state index in [-0.39, 0.29) is 11.8 Å². The average molecular weight is 379 g/mol. The lowest BCUT2D eigenvalue weighted by molar-refractivity contribution is 0.0950. The average Bonchev–Trinajstić information content (AvgIpc) is 3.23. The van der Waals surface area contributed by atoms with Crippen molar-refractivity contribution in [2.75, 3.05) is 5.32 Å². The number of hydrogen-bond donors (Lipinski definition) is 3. The molecule has 0 unspecified atom stereocenters. The van der Waals surface area contributed by atoms with E-state index in [4.69, 9.17) is 5.73 Å². The summed E-state index contributed by atoms with van der Waals surface area (Å²) in [6, 6.07) is 16.7.